The maximum Gasteiger partial charge on any atom is 0.0953 e. The molecule has 16 heavy (non-hydrogen) atoms. The van der Waals surface area contributed by atoms with Crippen LogP contribution in [0, 0.1) is 0 Å². The van der Waals surface area contributed by atoms with E-state index in [1.54, 1.807) is 7.11 Å². The minimum Gasteiger partial charge on any atom is -0.389 e. The molecule has 0 aliphatic rings. The molecule has 0 rings (SSSR count). The molecule has 0 radical (unpaired) electrons. The Morgan fingerprint density at radius 1 is 1.06 bits per heavy atom. The Balaban J connectivity index is 4.65. The molecule has 1 N–H and O–H groups in total. The quantitative estimate of drug-likeness (QED) is 0.729. The van der Waals surface area contributed by atoms with Gasteiger partial charge in [0.25, 0.3) is 0 Å². The summed E-state index contributed by atoms with van der Waals surface area (Å²) in [6.45, 7) is 12.8. The van der Waals surface area contributed by atoms with E-state index in [1.165, 1.54) is 0 Å². The normalized spacial score (nSPS) is 18.2. The van der Waals surface area contributed by atoms with Crippen LogP contribution >= 0.6 is 0 Å². The Labute approximate surface area is 101 Å². The number of ether oxygens (including phenoxy) is 1. The molecular weight excluding hydrogens is 202 g/mol. The molecule has 3 atom stereocenters. The molecule has 0 aromatic rings. The van der Waals surface area contributed by atoms with Gasteiger partial charge in [0.1, 0.15) is 0 Å². The van der Waals surface area contributed by atoms with Crippen LogP contribution in [-0.4, -0.2) is 47.4 Å². The maximum absolute atomic E-state index is 10.3. The molecule has 0 saturated carbocycles. The molecule has 3 unspecified atom stereocenters. The van der Waals surface area contributed by atoms with Crippen molar-refractivity contribution in [1.29, 1.82) is 0 Å². The van der Waals surface area contributed by atoms with Crippen molar-refractivity contribution in [3.05, 3.63) is 0 Å². The number of hydrogen-bond donors (Lipinski definition) is 1. The highest BCUT2D eigenvalue weighted by molar-refractivity contribution is 4.84. The summed E-state index contributed by atoms with van der Waals surface area (Å²) < 4.78 is 5.32. The van der Waals surface area contributed by atoms with Gasteiger partial charge in [0.2, 0.25) is 0 Å². The molecule has 98 valence electrons. The van der Waals surface area contributed by atoms with Crippen molar-refractivity contribution in [2.24, 2.45) is 0 Å². The molecule has 0 amide bonds. The van der Waals surface area contributed by atoms with E-state index < -0.39 is 6.10 Å². The fourth-order valence-corrected chi connectivity index (χ4v) is 2.57. The van der Waals surface area contributed by atoms with Crippen molar-refractivity contribution >= 4 is 0 Å². The zero-order valence-corrected chi connectivity index (χ0v) is 11.9. The Morgan fingerprint density at radius 2 is 1.50 bits per heavy atom. The summed E-state index contributed by atoms with van der Waals surface area (Å²) in [7, 11) is 1.67. The van der Waals surface area contributed by atoms with Crippen molar-refractivity contribution in [3.63, 3.8) is 0 Å². The first-order valence-electron chi connectivity index (χ1n) is 6.35. The van der Waals surface area contributed by atoms with E-state index in [1.807, 2.05) is 6.92 Å². The number of methoxy groups -OCH3 is 1. The van der Waals surface area contributed by atoms with Crippen LogP contribution < -0.4 is 0 Å². The fraction of sp³-hybridized carbons (Fsp3) is 1.00. The molecule has 0 aliphatic carbocycles. The zero-order chi connectivity index (χ0) is 12.9. The summed E-state index contributed by atoms with van der Waals surface area (Å²) in [4.78, 5) is 2.33. The van der Waals surface area contributed by atoms with Crippen LogP contribution in [0.3, 0.4) is 0 Å². The van der Waals surface area contributed by atoms with Gasteiger partial charge >= 0.3 is 0 Å². The minimum atomic E-state index is -0.431. The molecule has 0 aromatic heterocycles. The summed E-state index contributed by atoms with van der Waals surface area (Å²) in [5.74, 6) is 0. The average Bonchev–Trinajstić information content (AvgIpc) is 2.18. The second kappa shape index (κ2) is 7.25. The highest BCUT2D eigenvalue weighted by atomic mass is 16.5. The van der Waals surface area contributed by atoms with Crippen molar-refractivity contribution < 1.29 is 9.84 Å². The molecule has 0 fully saturated rings. The standard InChI is InChI=1S/C13H29NO2/c1-8-12(16-7)13(15)11(6)14(9(2)3)10(4)5/h9-13,15H,8H2,1-7H3. The van der Waals surface area contributed by atoms with Crippen LogP contribution in [-0.2, 0) is 4.74 Å². The number of aliphatic hydroxyl groups is 1. The van der Waals surface area contributed by atoms with Crippen LogP contribution in [0.4, 0.5) is 0 Å². The first-order chi connectivity index (χ1) is 7.36. The van der Waals surface area contributed by atoms with Gasteiger partial charge in [-0.3, -0.25) is 4.90 Å². The van der Waals surface area contributed by atoms with Crippen LogP contribution in [0.5, 0.6) is 0 Å². The third-order valence-corrected chi connectivity index (χ3v) is 3.24. The van der Waals surface area contributed by atoms with Crippen LogP contribution in [0.15, 0.2) is 0 Å². The zero-order valence-electron chi connectivity index (χ0n) is 11.9. The Kier molecular flexibility index (Phi) is 7.20. The molecule has 3 heteroatoms. The summed E-state index contributed by atoms with van der Waals surface area (Å²) in [5, 5.41) is 10.3. The molecule has 0 bridgehead atoms. The largest absolute Gasteiger partial charge is 0.389 e. The summed E-state index contributed by atoms with van der Waals surface area (Å²) in [5.41, 5.74) is 0. The third-order valence-electron chi connectivity index (χ3n) is 3.24. The van der Waals surface area contributed by atoms with Crippen molar-refractivity contribution in [2.75, 3.05) is 7.11 Å². The Hall–Kier alpha value is -0.120. The molecular formula is C13H29NO2. The summed E-state index contributed by atoms with van der Waals surface area (Å²) >= 11 is 0. The van der Waals surface area contributed by atoms with Gasteiger partial charge in [-0.25, -0.2) is 0 Å². The van der Waals surface area contributed by atoms with Gasteiger partial charge in [-0.05, 0) is 41.0 Å². The lowest BCUT2D eigenvalue weighted by molar-refractivity contribution is -0.0668. The topological polar surface area (TPSA) is 32.7 Å². The number of aliphatic hydroxyl groups excluding tert-OH is 1. The number of hydrogen-bond acceptors (Lipinski definition) is 3. The van der Waals surface area contributed by atoms with Crippen LogP contribution in [0.25, 0.3) is 0 Å². The molecule has 0 aromatic carbocycles. The Morgan fingerprint density at radius 3 is 1.75 bits per heavy atom. The van der Waals surface area contributed by atoms with Crippen LogP contribution in [0.1, 0.15) is 48.0 Å². The van der Waals surface area contributed by atoms with Crippen molar-refractivity contribution in [2.45, 2.75) is 78.3 Å². The van der Waals surface area contributed by atoms with Gasteiger partial charge < -0.3 is 9.84 Å². The number of rotatable bonds is 7. The lowest BCUT2D eigenvalue weighted by Gasteiger charge is -2.40. The lowest BCUT2D eigenvalue weighted by atomic mass is 10.0. The smallest absolute Gasteiger partial charge is 0.0953 e. The van der Waals surface area contributed by atoms with Gasteiger partial charge in [0.05, 0.1) is 12.2 Å². The first kappa shape index (κ1) is 15.9. The predicted octanol–water partition coefficient (Wildman–Crippen LogP) is 2.28. The monoisotopic (exact) mass is 231 g/mol. The van der Waals surface area contributed by atoms with E-state index >= 15 is 0 Å². The van der Waals surface area contributed by atoms with E-state index in [0.29, 0.717) is 12.1 Å². The van der Waals surface area contributed by atoms with Crippen molar-refractivity contribution in [1.82, 2.24) is 4.90 Å². The lowest BCUT2D eigenvalue weighted by Crippen LogP contribution is -2.52. The third kappa shape index (κ3) is 4.04. The average molecular weight is 231 g/mol. The van der Waals surface area contributed by atoms with E-state index in [-0.39, 0.29) is 12.1 Å². The molecule has 0 spiro atoms. The fourth-order valence-electron chi connectivity index (χ4n) is 2.57. The maximum atomic E-state index is 10.3. The van der Waals surface area contributed by atoms with Gasteiger partial charge in [-0.2, -0.15) is 0 Å². The highest BCUT2D eigenvalue weighted by Gasteiger charge is 2.30. The summed E-state index contributed by atoms with van der Waals surface area (Å²) in [6.07, 6.45) is 0.335. The van der Waals surface area contributed by atoms with E-state index in [2.05, 4.69) is 39.5 Å². The molecule has 3 nitrogen and oxygen atoms in total. The summed E-state index contributed by atoms with van der Waals surface area (Å²) in [6, 6.07) is 0.975. The second-order valence-corrected chi connectivity index (χ2v) is 5.05. The molecule has 0 aliphatic heterocycles. The van der Waals surface area contributed by atoms with Gasteiger partial charge in [-0.1, -0.05) is 6.92 Å². The first-order valence-corrected chi connectivity index (χ1v) is 6.35. The second-order valence-electron chi connectivity index (χ2n) is 5.05. The van der Waals surface area contributed by atoms with Gasteiger partial charge in [-0.15, -0.1) is 0 Å². The molecule has 0 heterocycles. The minimum absolute atomic E-state index is 0.0741. The van der Waals surface area contributed by atoms with E-state index in [0.717, 1.165) is 6.42 Å². The molecule has 0 saturated heterocycles. The number of nitrogens with zero attached hydrogens (tertiary/aromatic N) is 1. The predicted molar refractivity (Wildman–Crippen MR) is 68.7 cm³/mol. The van der Waals surface area contributed by atoms with E-state index in [9.17, 15) is 5.11 Å². The van der Waals surface area contributed by atoms with Crippen molar-refractivity contribution in [3.8, 4) is 0 Å². The Bertz CT molecular complexity index is 171. The van der Waals surface area contributed by atoms with E-state index in [4.69, 9.17) is 4.74 Å². The van der Waals surface area contributed by atoms with Gasteiger partial charge in [0, 0.05) is 25.2 Å². The van der Waals surface area contributed by atoms with Crippen LogP contribution in [0.2, 0.25) is 0 Å². The highest BCUT2D eigenvalue weighted by Crippen LogP contribution is 2.17. The van der Waals surface area contributed by atoms with Gasteiger partial charge in [0.15, 0.2) is 0 Å². The SMILES string of the molecule is CCC(OC)C(O)C(C)N(C(C)C)C(C)C.